The normalized spacial score (nSPS) is 15.1. The van der Waals surface area contributed by atoms with Gasteiger partial charge in [0.05, 0.1) is 5.69 Å². The smallest absolute Gasteiger partial charge is 0.332 e. The molecule has 0 atom stereocenters. The van der Waals surface area contributed by atoms with Crippen LogP contribution in [0.5, 0.6) is 5.75 Å². The molecular weight excluding hydrogens is 346 g/mol. The number of anilines is 2. The molecule has 1 saturated heterocycles. The Balaban J connectivity index is 1.44. The van der Waals surface area contributed by atoms with Crippen LogP contribution in [0.2, 0.25) is 0 Å². The second-order valence-electron chi connectivity index (χ2n) is 6.87. The van der Waals surface area contributed by atoms with Crippen LogP contribution in [0.3, 0.4) is 0 Å². The molecule has 1 aromatic carbocycles. The Hall–Kier alpha value is -2.74. The molecule has 0 amide bonds. The van der Waals surface area contributed by atoms with E-state index in [0.717, 1.165) is 49.4 Å². The molecule has 1 fully saturated rings. The Morgan fingerprint density at radius 1 is 1.04 bits per heavy atom. The molecule has 8 heteroatoms. The molecule has 0 bridgehead atoms. The van der Waals surface area contributed by atoms with Gasteiger partial charge in [0.2, 0.25) is 0 Å². The third-order valence-corrected chi connectivity index (χ3v) is 5.08. The Labute approximate surface area is 158 Å². The molecule has 0 radical (unpaired) electrons. The van der Waals surface area contributed by atoms with Gasteiger partial charge in [-0.3, -0.25) is 18.8 Å². The van der Waals surface area contributed by atoms with E-state index in [0.29, 0.717) is 18.1 Å². The summed E-state index contributed by atoms with van der Waals surface area (Å²) in [6, 6.07) is 8.89. The summed E-state index contributed by atoms with van der Waals surface area (Å²) in [6.07, 6.45) is 0.917. The number of hydrogen-bond acceptors (Lipinski definition) is 6. The topological polar surface area (TPSA) is 82.7 Å². The van der Waals surface area contributed by atoms with Gasteiger partial charge in [0.15, 0.2) is 0 Å². The fourth-order valence-electron chi connectivity index (χ4n) is 3.37. The first-order valence-electron chi connectivity index (χ1n) is 9.23. The number of piperazine rings is 1. The number of phenolic OH excluding ortho intramolecular Hbond substituents is 1. The van der Waals surface area contributed by atoms with Crippen LogP contribution in [0.15, 0.2) is 39.9 Å². The van der Waals surface area contributed by atoms with Gasteiger partial charge >= 0.3 is 5.69 Å². The van der Waals surface area contributed by atoms with Crippen LogP contribution in [-0.2, 0) is 14.1 Å². The summed E-state index contributed by atoms with van der Waals surface area (Å²) >= 11 is 0. The van der Waals surface area contributed by atoms with Crippen molar-refractivity contribution in [2.24, 2.45) is 14.1 Å². The number of aromatic nitrogens is 2. The predicted molar refractivity (Wildman–Crippen MR) is 107 cm³/mol. The molecule has 8 nitrogen and oxygen atoms in total. The van der Waals surface area contributed by atoms with Gasteiger partial charge in [-0.25, -0.2) is 4.79 Å². The average Bonchev–Trinajstić information content (AvgIpc) is 2.68. The number of hydrogen-bond donors (Lipinski definition) is 2. The lowest BCUT2D eigenvalue weighted by molar-refractivity contribution is 0.256. The lowest BCUT2D eigenvalue weighted by Gasteiger charge is -2.36. The van der Waals surface area contributed by atoms with Crippen LogP contribution < -0.4 is 21.5 Å². The molecule has 0 spiro atoms. The van der Waals surface area contributed by atoms with Crippen LogP contribution in [-0.4, -0.2) is 58.4 Å². The van der Waals surface area contributed by atoms with Crippen LogP contribution in [0, 0.1) is 0 Å². The SMILES string of the molecule is Cn1c(NCCCN2CCN(c3ccccc3O)CC2)cc(=O)n(C)c1=O. The van der Waals surface area contributed by atoms with Crippen LogP contribution in [0.4, 0.5) is 11.5 Å². The van der Waals surface area contributed by atoms with Gasteiger partial charge in [-0.2, -0.15) is 0 Å². The first kappa shape index (κ1) is 19.0. The van der Waals surface area contributed by atoms with E-state index >= 15 is 0 Å². The van der Waals surface area contributed by atoms with Gasteiger partial charge < -0.3 is 15.3 Å². The molecule has 2 aromatic rings. The fourth-order valence-corrected chi connectivity index (χ4v) is 3.37. The van der Waals surface area contributed by atoms with Crippen molar-refractivity contribution in [3.63, 3.8) is 0 Å². The lowest BCUT2D eigenvalue weighted by atomic mass is 10.2. The highest BCUT2D eigenvalue weighted by Gasteiger charge is 2.18. The van der Waals surface area contributed by atoms with Crippen LogP contribution in [0.25, 0.3) is 0 Å². The summed E-state index contributed by atoms with van der Waals surface area (Å²) in [7, 11) is 3.13. The Bertz CT molecular complexity index is 897. The van der Waals surface area contributed by atoms with Crippen molar-refractivity contribution in [1.82, 2.24) is 14.0 Å². The fraction of sp³-hybridized carbons (Fsp3) is 0.474. The second-order valence-corrected chi connectivity index (χ2v) is 6.87. The summed E-state index contributed by atoms with van der Waals surface area (Å²) in [5, 5.41) is 13.2. The molecular formula is C19H27N5O3. The minimum absolute atomic E-state index is 0.305. The highest BCUT2D eigenvalue weighted by atomic mass is 16.3. The van der Waals surface area contributed by atoms with E-state index in [4.69, 9.17) is 0 Å². The summed E-state index contributed by atoms with van der Waals surface area (Å²) in [5.74, 6) is 0.877. The summed E-state index contributed by atoms with van der Waals surface area (Å²) in [4.78, 5) is 28.3. The van der Waals surface area contributed by atoms with E-state index < -0.39 is 0 Å². The minimum atomic E-state index is -0.328. The predicted octanol–water partition coefficient (Wildman–Crippen LogP) is 0.414. The van der Waals surface area contributed by atoms with Crippen LogP contribution in [0.1, 0.15) is 6.42 Å². The number of aromatic hydroxyl groups is 1. The first-order chi connectivity index (χ1) is 13.0. The summed E-state index contributed by atoms with van der Waals surface area (Å²) in [6.45, 7) is 5.29. The third-order valence-electron chi connectivity index (χ3n) is 5.08. The highest BCUT2D eigenvalue weighted by molar-refractivity contribution is 5.57. The number of benzene rings is 1. The monoisotopic (exact) mass is 373 g/mol. The molecule has 2 heterocycles. The van der Waals surface area contributed by atoms with Crippen molar-refractivity contribution in [3.8, 4) is 5.75 Å². The molecule has 3 rings (SSSR count). The number of nitrogens with one attached hydrogen (secondary N) is 1. The minimum Gasteiger partial charge on any atom is -0.506 e. The van der Waals surface area contributed by atoms with E-state index in [-0.39, 0.29) is 11.2 Å². The number of para-hydroxylation sites is 2. The van der Waals surface area contributed by atoms with E-state index in [9.17, 15) is 14.7 Å². The second kappa shape index (κ2) is 8.30. The van der Waals surface area contributed by atoms with E-state index in [2.05, 4.69) is 15.1 Å². The van der Waals surface area contributed by atoms with Gasteiger partial charge in [-0.05, 0) is 25.1 Å². The molecule has 0 saturated carbocycles. The van der Waals surface area contributed by atoms with Crippen molar-refractivity contribution in [2.45, 2.75) is 6.42 Å². The first-order valence-corrected chi connectivity index (χ1v) is 9.23. The maximum Gasteiger partial charge on any atom is 0.332 e. The lowest BCUT2D eigenvalue weighted by Crippen LogP contribution is -2.46. The Kier molecular flexibility index (Phi) is 5.85. The zero-order valence-corrected chi connectivity index (χ0v) is 15.9. The van der Waals surface area contributed by atoms with Crippen molar-refractivity contribution >= 4 is 11.5 Å². The van der Waals surface area contributed by atoms with E-state index in [1.54, 1.807) is 13.1 Å². The molecule has 27 heavy (non-hydrogen) atoms. The van der Waals surface area contributed by atoms with Crippen molar-refractivity contribution in [2.75, 3.05) is 49.5 Å². The number of rotatable bonds is 6. The van der Waals surface area contributed by atoms with Crippen LogP contribution >= 0.6 is 0 Å². The maximum absolute atomic E-state index is 11.9. The quantitative estimate of drug-likeness (QED) is 0.714. The summed E-state index contributed by atoms with van der Waals surface area (Å²) in [5.41, 5.74) is 0.261. The van der Waals surface area contributed by atoms with Gasteiger partial charge in [-0.15, -0.1) is 0 Å². The molecule has 0 unspecified atom stereocenters. The molecule has 1 aliphatic heterocycles. The maximum atomic E-state index is 11.9. The number of nitrogens with zero attached hydrogens (tertiary/aromatic N) is 4. The van der Waals surface area contributed by atoms with Crippen molar-refractivity contribution < 1.29 is 5.11 Å². The molecule has 146 valence electrons. The zero-order chi connectivity index (χ0) is 19.4. The van der Waals surface area contributed by atoms with Gasteiger partial charge in [0.1, 0.15) is 11.6 Å². The highest BCUT2D eigenvalue weighted by Crippen LogP contribution is 2.27. The average molecular weight is 373 g/mol. The standard InChI is InChI=1S/C19H27N5O3/c1-21-17(14-18(26)22(2)19(21)27)20-8-5-9-23-10-12-24(13-11-23)15-6-3-4-7-16(15)25/h3-4,6-7,14,20,25H,5,8-13H2,1-2H3. The Morgan fingerprint density at radius 2 is 1.74 bits per heavy atom. The third kappa shape index (κ3) is 4.33. The van der Waals surface area contributed by atoms with Gasteiger partial charge in [0, 0.05) is 52.9 Å². The summed E-state index contributed by atoms with van der Waals surface area (Å²) < 4.78 is 2.54. The van der Waals surface area contributed by atoms with Gasteiger partial charge in [0.25, 0.3) is 5.56 Å². The van der Waals surface area contributed by atoms with Crippen molar-refractivity contribution in [1.29, 1.82) is 0 Å². The van der Waals surface area contributed by atoms with Crippen molar-refractivity contribution in [3.05, 3.63) is 51.2 Å². The van der Waals surface area contributed by atoms with E-state index in [1.165, 1.54) is 17.7 Å². The zero-order valence-electron chi connectivity index (χ0n) is 15.9. The molecule has 1 aromatic heterocycles. The molecule has 1 aliphatic rings. The molecule has 0 aliphatic carbocycles. The van der Waals surface area contributed by atoms with E-state index in [1.807, 2.05) is 18.2 Å². The Morgan fingerprint density at radius 3 is 2.44 bits per heavy atom. The molecule has 2 N–H and O–H groups in total. The number of phenols is 1. The largest absolute Gasteiger partial charge is 0.506 e. The van der Waals surface area contributed by atoms with Gasteiger partial charge in [-0.1, -0.05) is 12.1 Å².